The maximum atomic E-state index is 6.40. The smallest absolute Gasteiger partial charge is 0.227 e. The molecule has 4 nitrogen and oxygen atoms in total. The average molecular weight is 583 g/mol. The summed E-state index contributed by atoms with van der Waals surface area (Å²) in [4.78, 5) is 9.67. The van der Waals surface area contributed by atoms with Crippen LogP contribution < -0.4 is 9.75 Å². The normalized spacial score (nSPS) is 19.8. The van der Waals surface area contributed by atoms with E-state index in [9.17, 15) is 0 Å². The highest BCUT2D eigenvalue weighted by atomic mass is 28.3. The first kappa shape index (κ1) is 27.7. The van der Waals surface area contributed by atoms with Gasteiger partial charge in [-0.15, -0.1) is 0 Å². The summed E-state index contributed by atoms with van der Waals surface area (Å²) in [5, 5.41) is 3.63. The zero-order chi connectivity index (χ0) is 30.0. The molecule has 0 amide bonds. The van der Waals surface area contributed by atoms with Gasteiger partial charge in [0.2, 0.25) is 11.4 Å². The largest absolute Gasteiger partial charge is 0.437 e. The van der Waals surface area contributed by atoms with E-state index < -0.39 is 8.07 Å². The molecule has 2 aliphatic heterocycles. The molecule has 2 atom stereocenters. The standard InChI is InChI=1S/C38H40N3OSi/c1-8-32-36-25(16-18-29-30-14-11-19-39-38(30)42-37(29)36)15-17-28-26-12-9-10-13-27(26)34-21-31(23(2)3)35(43(5,6)7)22-41(34)33(28)20-24(4)40-32/h8-14,16,18-19,21-23,28,33H,1,4,15,17,20H2,2-3,5-7H3/q+1/b40-32-. The van der Waals surface area contributed by atoms with E-state index in [1.807, 2.05) is 12.1 Å². The maximum Gasteiger partial charge on any atom is 0.227 e. The first-order chi connectivity index (χ1) is 20.7. The van der Waals surface area contributed by atoms with E-state index in [4.69, 9.17) is 9.41 Å². The van der Waals surface area contributed by atoms with Gasteiger partial charge in [-0.05, 0) is 59.7 Å². The highest BCUT2D eigenvalue weighted by molar-refractivity contribution is 6.89. The lowest BCUT2D eigenvalue weighted by Crippen LogP contribution is -2.54. The van der Waals surface area contributed by atoms with E-state index in [-0.39, 0.29) is 6.04 Å². The number of benzene rings is 2. The molecular formula is C38H40N3OSi+. The number of nitrogens with zero attached hydrogens (tertiary/aromatic N) is 3. The molecule has 7 rings (SSSR count). The molecule has 5 aromatic rings. The number of hydrogen-bond donors (Lipinski definition) is 0. The Morgan fingerprint density at radius 1 is 1.05 bits per heavy atom. The molecule has 43 heavy (non-hydrogen) atoms. The lowest BCUT2D eigenvalue weighted by molar-refractivity contribution is -0.717. The third kappa shape index (κ3) is 4.53. The Kier molecular flexibility index (Phi) is 6.62. The van der Waals surface area contributed by atoms with Crippen LogP contribution in [0.2, 0.25) is 19.6 Å². The molecule has 0 fully saturated rings. The van der Waals surface area contributed by atoms with Crippen LogP contribution >= 0.6 is 0 Å². The number of furan rings is 1. The number of fused-ring (bicyclic) bond motifs is 11. The van der Waals surface area contributed by atoms with Crippen molar-refractivity contribution in [2.24, 2.45) is 4.99 Å². The summed E-state index contributed by atoms with van der Waals surface area (Å²) >= 11 is 0. The van der Waals surface area contributed by atoms with E-state index in [1.54, 1.807) is 11.4 Å². The number of hydrogen-bond acceptors (Lipinski definition) is 3. The minimum absolute atomic E-state index is 0.226. The van der Waals surface area contributed by atoms with Crippen molar-refractivity contribution in [3.63, 3.8) is 0 Å². The van der Waals surface area contributed by atoms with Crippen LogP contribution in [0.5, 0.6) is 0 Å². The number of rotatable bonds is 3. The molecule has 0 N–H and O–H groups in total. The highest BCUT2D eigenvalue weighted by Gasteiger charge is 2.42. The Hall–Kier alpha value is -4.09. The van der Waals surface area contributed by atoms with Crippen molar-refractivity contribution in [2.75, 3.05) is 0 Å². The van der Waals surface area contributed by atoms with E-state index in [0.29, 0.717) is 17.5 Å². The fraction of sp³-hybridized carbons (Fsp3) is 0.289. The van der Waals surface area contributed by atoms with Crippen LogP contribution in [0.4, 0.5) is 0 Å². The van der Waals surface area contributed by atoms with Gasteiger partial charge in [-0.25, -0.2) is 4.98 Å². The van der Waals surface area contributed by atoms with Crippen LogP contribution in [0, 0.1) is 0 Å². The van der Waals surface area contributed by atoms with Crippen molar-refractivity contribution in [2.45, 2.75) is 70.6 Å². The molecule has 2 unspecified atom stereocenters. The van der Waals surface area contributed by atoms with Gasteiger partial charge >= 0.3 is 0 Å². The molecule has 2 aliphatic rings. The molecule has 0 radical (unpaired) electrons. The third-order valence-corrected chi connectivity index (χ3v) is 11.5. The molecular weight excluding hydrogens is 543 g/mol. The minimum Gasteiger partial charge on any atom is -0.437 e. The van der Waals surface area contributed by atoms with Gasteiger partial charge in [0.25, 0.3) is 0 Å². The van der Waals surface area contributed by atoms with Crippen molar-refractivity contribution >= 4 is 41.0 Å². The summed E-state index contributed by atoms with van der Waals surface area (Å²) < 4.78 is 9.00. The first-order valence-corrected chi connectivity index (χ1v) is 19.0. The zero-order valence-corrected chi connectivity index (χ0v) is 26.9. The molecule has 216 valence electrons. The third-order valence-electron chi connectivity index (χ3n) is 9.44. The lowest BCUT2D eigenvalue weighted by atomic mass is 9.77. The van der Waals surface area contributed by atoms with Gasteiger partial charge in [-0.2, -0.15) is 4.57 Å². The van der Waals surface area contributed by atoms with Crippen molar-refractivity contribution in [1.29, 1.82) is 0 Å². The molecule has 0 spiro atoms. The molecule has 2 aromatic carbocycles. The molecule has 0 aliphatic carbocycles. The van der Waals surface area contributed by atoms with Crippen LogP contribution in [0.15, 0.2) is 101 Å². The Balaban J connectivity index is 1.44. The molecule has 0 saturated heterocycles. The summed E-state index contributed by atoms with van der Waals surface area (Å²) in [7, 11) is -1.61. The predicted octanol–water partition coefficient (Wildman–Crippen LogP) is 8.77. The van der Waals surface area contributed by atoms with Gasteiger partial charge in [0.15, 0.2) is 12.2 Å². The monoisotopic (exact) mass is 582 g/mol. The summed E-state index contributed by atoms with van der Waals surface area (Å²) in [5.41, 5.74) is 11.0. The summed E-state index contributed by atoms with van der Waals surface area (Å²) in [6.07, 6.45) is 8.84. The second kappa shape index (κ2) is 10.3. The van der Waals surface area contributed by atoms with Crippen LogP contribution in [0.25, 0.3) is 33.3 Å². The minimum atomic E-state index is -1.61. The van der Waals surface area contributed by atoms with Crippen molar-refractivity contribution in [1.82, 2.24) is 4.98 Å². The van der Waals surface area contributed by atoms with Gasteiger partial charge in [-0.3, -0.25) is 4.99 Å². The van der Waals surface area contributed by atoms with Crippen LogP contribution in [-0.2, 0) is 6.42 Å². The quantitative estimate of drug-likeness (QED) is 0.158. The zero-order valence-electron chi connectivity index (χ0n) is 25.9. The van der Waals surface area contributed by atoms with Gasteiger partial charge in [-0.1, -0.05) is 77.0 Å². The fourth-order valence-electron chi connectivity index (χ4n) is 7.40. The first-order valence-electron chi connectivity index (χ1n) is 15.5. The Bertz CT molecular complexity index is 1970. The van der Waals surface area contributed by atoms with E-state index in [2.05, 4.69) is 111 Å². The van der Waals surface area contributed by atoms with E-state index >= 15 is 0 Å². The highest BCUT2D eigenvalue weighted by Crippen LogP contribution is 2.44. The topological polar surface area (TPSA) is 42.3 Å². The molecule has 3 aromatic heterocycles. The average Bonchev–Trinajstić information content (AvgIpc) is 3.37. The number of aliphatic imine (C=N–C) groups is 1. The molecule has 5 heteroatoms. The predicted molar refractivity (Wildman–Crippen MR) is 181 cm³/mol. The second-order valence-corrected chi connectivity index (χ2v) is 18.6. The summed E-state index contributed by atoms with van der Waals surface area (Å²) in [6, 6.07) is 20.2. The van der Waals surface area contributed by atoms with Crippen molar-refractivity contribution in [3.05, 3.63) is 114 Å². The van der Waals surface area contributed by atoms with Crippen molar-refractivity contribution < 1.29 is 8.98 Å². The Morgan fingerprint density at radius 2 is 1.86 bits per heavy atom. The van der Waals surface area contributed by atoms with Crippen LogP contribution in [0.1, 0.15) is 66.8 Å². The second-order valence-electron chi connectivity index (χ2n) is 13.5. The Morgan fingerprint density at radius 3 is 2.63 bits per heavy atom. The van der Waals surface area contributed by atoms with Crippen molar-refractivity contribution in [3.8, 4) is 11.3 Å². The maximum absolute atomic E-state index is 6.40. The fourth-order valence-corrected chi connectivity index (χ4v) is 9.15. The van der Waals surface area contributed by atoms with Gasteiger partial charge in [0, 0.05) is 51.0 Å². The number of aromatic nitrogens is 2. The number of pyridine rings is 2. The number of allylic oxidation sites excluding steroid dienone is 2. The van der Waals surface area contributed by atoms with Gasteiger partial charge in [0.1, 0.15) is 5.58 Å². The van der Waals surface area contributed by atoms with Crippen LogP contribution in [-0.4, -0.2) is 18.8 Å². The molecule has 5 heterocycles. The Labute approximate surface area is 255 Å². The molecule has 0 bridgehead atoms. The summed E-state index contributed by atoms with van der Waals surface area (Å²) in [5.74, 6) is 0.796. The van der Waals surface area contributed by atoms with Gasteiger partial charge < -0.3 is 4.42 Å². The van der Waals surface area contributed by atoms with E-state index in [1.165, 1.54) is 27.9 Å². The van der Waals surface area contributed by atoms with Gasteiger partial charge in [0.05, 0.1) is 20.2 Å². The van der Waals surface area contributed by atoms with Crippen LogP contribution in [0.3, 0.4) is 0 Å². The SMILES string of the molecule is C=C/C1=N/C(=C)CC2C(CCc3ccc4c(oc5ncccc54)c31)c1ccccc1-c1cc(C(C)C)c([Si](C)(C)C)c[n+]12. The molecule has 0 saturated carbocycles. The lowest BCUT2D eigenvalue weighted by Gasteiger charge is -2.33. The number of aryl methyl sites for hydroxylation is 1. The van der Waals surface area contributed by atoms with E-state index in [0.717, 1.165) is 52.6 Å². The summed E-state index contributed by atoms with van der Waals surface area (Å²) in [6.45, 7) is 20.8.